The quantitative estimate of drug-likeness (QED) is 0.427. The lowest BCUT2D eigenvalue weighted by molar-refractivity contribution is -0.181. The predicted octanol–water partition coefficient (Wildman–Crippen LogP) is 0.955. The van der Waals surface area contributed by atoms with Gasteiger partial charge in [-0.3, -0.25) is 9.89 Å². The summed E-state index contributed by atoms with van der Waals surface area (Å²) in [7, 11) is -3.01. The van der Waals surface area contributed by atoms with Crippen molar-refractivity contribution < 1.29 is 21.6 Å². The second kappa shape index (κ2) is 8.89. The Kier molecular flexibility index (Phi) is 7.78. The summed E-state index contributed by atoms with van der Waals surface area (Å²) in [5, 5.41) is 3.11. The molecule has 1 saturated heterocycles. The van der Waals surface area contributed by atoms with Gasteiger partial charge in [0.2, 0.25) is 0 Å². The number of hydrogen-bond acceptors (Lipinski definition) is 4. The van der Waals surface area contributed by atoms with Crippen LogP contribution in [0.1, 0.15) is 20.3 Å². The molecule has 0 saturated carbocycles. The average molecular weight is 372 g/mol. The van der Waals surface area contributed by atoms with Crippen LogP contribution in [0.15, 0.2) is 4.99 Å². The van der Waals surface area contributed by atoms with Crippen molar-refractivity contribution in [1.29, 1.82) is 0 Å². The van der Waals surface area contributed by atoms with Gasteiger partial charge >= 0.3 is 6.18 Å². The third-order valence-electron chi connectivity index (χ3n) is 3.90. The molecule has 0 aromatic carbocycles. The van der Waals surface area contributed by atoms with Crippen molar-refractivity contribution in [3.8, 4) is 0 Å². The molecule has 142 valence electrons. The van der Waals surface area contributed by atoms with E-state index in [1.807, 2.05) is 11.8 Å². The third kappa shape index (κ3) is 7.25. The van der Waals surface area contributed by atoms with Crippen LogP contribution in [0.5, 0.6) is 0 Å². The Labute approximate surface area is 142 Å². The van der Waals surface area contributed by atoms with Crippen LogP contribution in [0.2, 0.25) is 0 Å². The second-order valence-corrected chi connectivity index (χ2v) is 8.22. The van der Waals surface area contributed by atoms with Gasteiger partial charge in [-0.2, -0.15) is 13.2 Å². The molecular weight excluding hydrogens is 345 g/mol. The Morgan fingerprint density at radius 3 is 2.29 bits per heavy atom. The molecule has 24 heavy (non-hydrogen) atoms. The zero-order valence-electron chi connectivity index (χ0n) is 14.4. The lowest BCUT2D eigenvalue weighted by Crippen LogP contribution is -2.56. The molecular formula is C14H27F3N4O2S. The topological polar surface area (TPSA) is 65.0 Å². The number of nitrogens with zero attached hydrogens (tertiary/aromatic N) is 3. The van der Waals surface area contributed by atoms with E-state index in [9.17, 15) is 21.6 Å². The van der Waals surface area contributed by atoms with Crippen LogP contribution in [-0.2, 0) is 9.84 Å². The van der Waals surface area contributed by atoms with Gasteiger partial charge in [-0.25, -0.2) is 8.42 Å². The lowest BCUT2D eigenvalue weighted by Gasteiger charge is -2.39. The lowest BCUT2D eigenvalue weighted by atomic mass is 10.2. The average Bonchev–Trinajstić information content (AvgIpc) is 2.48. The Morgan fingerprint density at radius 2 is 1.83 bits per heavy atom. The highest BCUT2D eigenvalue weighted by Crippen LogP contribution is 2.25. The fraction of sp³-hybridized carbons (Fsp3) is 0.929. The third-order valence-corrected chi connectivity index (χ3v) is 4.94. The van der Waals surface area contributed by atoms with Crippen LogP contribution in [-0.4, -0.2) is 87.7 Å². The van der Waals surface area contributed by atoms with Crippen molar-refractivity contribution in [2.75, 3.05) is 51.3 Å². The summed E-state index contributed by atoms with van der Waals surface area (Å²) >= 11 is 0. The molecule has 0 spiro atoms. The molecule has 0 aromatic rings. The fourth-order valence-corrected chi connectivity index (χ4v) is 3.12. The summed E-state index contributed by atoms with van der Waals surface area (Å²) in [6, 6.07) is -1.45. The van der Waals surface area contributed by atoms with Crippen LogP contribution in [0.25, 0.3) is 0 Å². The normalized spacial score (nSPS) is 19.4. The summed E-state index contributed by atoms with van der Waals surface area (Å²) < 4.78 is 60.5. The molecule has 1 aliphatic rings. The minimum Gasteiger partial charge on any atom is -0.357 e. The zero-order valence-corrected chi connectivity index (χ0v) is 15.3. The molecule has 1 fully saturated rings. The first kappa shape index (κ1) is 21.0. The molecule has 0 bridgehead atoms. The van der Waals surface area contributed by atoms with Gasteiger partial charge in [0.15, 0.2) is 5.96 Å². The maximum absolute atomic E-state index is 12.8. The van der Waals surface area contributed by atoms with Crippen LogP contribution < -0.4 is 5.32 Å². The Morgan fingerprint density at radius 1 is 1.25 bits per heavy atom. The maximum Gasteiger partial charge on any atom is 0.403 e. The number of piperazine rings is 1. The first-order valence-electron chi connectivity index (χ1n) is 8.06. The molecule has 0 aliphatic carbocycles. The first-order valence-corrected chi connectivity index (χ1v) is 10.1. The van der Waals surface area contributed by atoms with E-state index >= 15 is 0 Å². The largest absolute Gasteiger partial charge is 0.403 e. The molecule has 0 aromatic heterocycles. The highest BCUT2D eigenvalue weighted by Gasteiger charge is 2.41. The van der Waals surface area contributed by atoms with E-state index < -0.39 is 22.1 Å². The van der Waals surface area contributed by atoms with E-state index in [2.05, 4.69) is 10.3 Å². The van der Waals surface area contributed by atoms with Crippen molar-refractivity contribution in [2.45, 2.75) is 32.5 Å². The van der Waals surface area contributed by atoms with Gasteiger partial charge in [-0.15, -0.1) is 0 Å². The standard InChI is InChI=1S/C14H27F3N4O2S/c1-4-18-13(19-6-5-11-24(3,22)23)21-9-7-20(8-10-21)12(2)14(15,16)17/h12H,4-11H2,1-3H3,(H,18,19). The molecule has 10 heteroatoms. The monoisotopic (exact) mass is 372 g/mol. The van der Waals surface area contributed by atoms with Crippen molar-refractivity contribution in [3.05, 3.63) is 0 Å². The molecule has 1 unspecified atom stereocenters. The minimum absolute atomic E-state index is 0.0762. The van der Waals surface area contributed by atoms with Crippen LogP contribution in [0.3, 0.4) is 0 Å². The van der Waals surface area contributed by atoms with Crippen molar-refractivity contribution in [1.82, 2.24) is 15.1 Å². The molecule has 1 atom stereocenters. The highest BCUT2D eigenvalue weighted by atomic mass is 32.2. The molecule has 1 heterocycles. The summed E-state index contributed by atoms with van der Waals surface area (Å²) in [4.78, 5) is 7.73. The van der Waals surface area contributed by atoms with Gasteiger partial charge in [0.05, 0.1) is 5.75 Å². The number of halogens is 3. The van der Waals surface area contributed by atoms with Crippen molar-refractivity contribution >= 4 is 15.8 Å². The van der Waals surface area contributed by atoms with E-state index in [1.165, 1.54) is 18.1 Å². The SMILES string of the molecule is CCNC(=NCCCS(C)(=O)=O)N1CCN(C(C)C(F)(F)F)CC1. The molecule has 0 amide bonds. The van der Waals surface area contributed by atoms with E-state index in [0.29, 0.717) is 51.6 Å². The predicted molar refractivity (Wildman–Crippen MR) is 89.0 cm³/mol. The van der Waals surface area contributed by atoms with E-state index in [-0.39, 0.29) is 5.75 Å². The number of rotatable bonds is 6. The molecule has 1 N–H and O–H groups in total. The van der Waals surface area contributed by atoms with Crippen LogP contribution in [0, 0.1) is 0 Å². The number of aliphatic imine (C=N–C) groups is 1. The van der Waals surface area contributed by atoms with Crippen LogP contribution in [0.4, 0.5) is 13.2 Å². The second-order valence-electron chi connectivity index (χ2n) is 5.96. The molecule has 6 nitrogen and oxygen atoms in total. The van der Waals surface area contributed by atoms with Gasteiger partial charge in [-0.05, 0) is 20.3 Å². The highest BCUT2D eigenvalue weighted by molar-refractivity contribution is 7.90. The summed E-state index contributed by atoms with van der Waals surface area (Å²) in [5.41, 5.74) is 0. The van der Waals surface area contributed by atoms with Gasteiger partial charge in [0.1, 0.15) is 15.9 Å². The number of nitrogens with one attached hydrogen (secondary N) is 1. The number of sulfone groups is 1. The fourth-order valence-electron chi connectivity index (χ4n) is 2.47. The van der Waals surface area contributed by atoms with E-state index in [4.69, 9.17) is 0 Å². The van der Waals surface area contributed by atoms with Gasteiger partial charge < -0.3 is 10.2 Å². The number of hydrogen-bond donors (Lipinski definition) is 1. The Balaban J connectivity index is 2.56. The zero-order chi connectivity index (χ0) is 18.4. The van der Waals surface area contributed by atoms with E-state index in [0.717, 1.165) is 0 Å². The number of guanidine groups is 1. The van der Waals surface area contributed by atoms with Gasteiger partial charge in [0, 0.05) is 45.5 Å². The minimum atomic E-state index is -4.22. The first-order chi connectivity index (χ1) is 11.0. The Bertz CT molecular complexity index is 515. The number of alkyl halides is 3. The molecule has 1 aliphatic heterocycles. The Hall–Kier alpha value is -1.03. The smallest absolute Gasteiger partial charge is 0.357 e. The van der Waals surface area contributed by atoms with Crippen molar-refractivity contribution in [3.63, 3.8) is 0 Å². The van der Waals surface area contributed by atoms with Crippen molar-refractivity contribution in [2.24, 2.45) is 4.99 Å². The summed E-state index contributed by atoms with van der Waals surface area (Å²) in [5.74, 6) is 0.706. The summed E-state index contributed by atoms with van der Waals surface area (Å²) in [6.45, 7) is 5.65. The summed E-state index contributed by atoms with van der Waals surface area (Å²) in [6.07, 6.45) is -2.60. The maximum atomic E-state index is 12.8. The van der Waals surface area contributed by atoms with Crippen LogP contribution >= 0.6 is 0 Å². The van der Waals surface area contributed by atoms with E-state index in [1.54, 1.807) is 0 Å². The van der Waals surface area contributed by atoms with Gasteiger partial charge in [-0.1, -0.05) is 0 Å². The molecule has 0 radical (unpaired) electrons. The molecule has 1 rings (SSSR count). The van der Waals surface area contributed by atoms with Gasteiger partial charge in [0.25, 0.3) is 0 Å².